The smallest absolute Gasteiger partial charge is 0.242 e. The van der Waals surface area contributed by atoms with E-state index in [0.717, 1.165) is 28.4 Å². The second-order valence-corrected chi connectivity index (χ2v) is 7.32. The van der Waals surface area contributed by atoms with Gasteiger partial charge in [-0.3, -0.25) is 5.32 Å². The van der Waals surface area contributed by atoms with Crippen LogP contribution in [0, 0.1) is 11.3 Å². The Hall–Kier alpha value is -2.82. The molecule has 0 saturated carbocycles. The van der Waals surface area contributed by atoms with Crippen LogP contribution in [0.15, 0.2) is 24.3 Å². The van der Waals surface area contributed by atoms with Crippen LogP contribution >= 0.6 is 0 Å². The fourth-order valence-electron chi connectivity index (χ4n) is 3.31. The van der Waals surface area contributed by atoms with Gasteiger partial charge < -0.3 is 19.5 Å². The van der Waals surface area contributed by atoms with Gasteiger partial charge in [0.15, 0.2) is 0 Å². The molecule has 1 aromatic heterocycles. The molecule has 1 aliphatic rings. The Morgan fingerprint density at radius 2 is 2.07 bits per heavy atom. The number of anilines is 3. The fourth-order valence-corrected chi connectivity index (χ4v) is 3.31. The molecule has 0 amide bonds. The Morgan fingerprint density at radius 1 is 1.25 bits per heavy atom. The number of nitrogens with zero attached hydrogens (tertiary/aromatic N) is 1. The summed E-state index contributed by atoms with van der Waals surface area (Å²) in [7, 11) is 3.30. The zero-order valence-electron chi connectivity index (χ0n) is 16.8. The number of methoxy groups -OCH3 is 2. The van der Waals surface area contributed by atoms with Crippen LogP contribution in [0.4, 0.5) is 17.3 Å². The van der Waals surface area contributed by atoms with Crippen molar-refractivity contribution in [3.8, 4) is 11.8 Å². The van der Waals surface area contributed by atoms with Crippen molar-refractivity contribution in [3.05, 3.63) is 41.0 Å². The van der Waals surface area contributed by atoms with E-state index in [1.165, 1.54) is 0 Å². The van der Waals surface area contributed by atoms with Crippen LogP contribution in [-0.2, 0) is 22.5 Å². The summed E-state index contributed by atoms with van der Waals surface area (Å²) in [5.74, 6) is 2.23. The van der Waals surface area contributed by atoms with E-state index < -0.39 is 0 Å². The lowest BCUT2D eigenvalue weighted by Crippen LogP contribution is -2.35. The van der Waals surface area contributed by atoms with Gasteiger partial charge in [0.05, 0.1) is 43.7 Å². The molecule has 28 heavy (non-hydrogen) atoms. The van der Waals surface area contributed by atoms with Crippen molar-refractivity contribution in [3.63, 3.8) is 0 Å². The van der Waals surface area contributed by atoms with E-state index in [1.807, 2.05) is 38.1 Å². The number of benzene rings is 1. The van der Waals surface area contributed by atoms with E-state index in [1.54, 1.807) is 14.2 Å². The number of rotatable bonds is 7. The molecule has 0 bridgehead atoms. The molecule has 0 unspecified atom stereocenters. The van der Waals surface area contributed by atoms with Gasteiger partial charge in [0.1, 0.15) is 17.4 Å². The lowest BCUT2D eigenvalue weighted by atomic mass is 9.89. The van der Waals surface area contributed by atoms with Gasteiger partial charge >= 0.3 is 0 Å². The number of H-pyrrole nitrogens is 1. The summed E-state index contributed by atoms with van der Waals surface area (Å²) >= 11 is 0. The van der Waals surface area contributed by atoms with Crippen molar-refractivity contribution >= 4 is 17.3 Å². The van der Waals surface area contributed by atoms with E-state index in [4.69, 9.17) is 14.2 Å². The first-order chi connectivity index (χ1) is 13.5. The lowest BCUT2D eigenvalue weighted by Gasteiger charge is -2.32. The van der Waals surface area contributed by atoms with Crippen molar-refractivity contribution < 1.29 is 19.2 Å². The van der Waals surface area contributed by atoms with Gasteiger partial charge in [0, 0.05) is 19.6 Å². The summed E-state index contributed by atoms with van der Waals surface area (Å²) in [6.07, 6.45) is 0.658. The van der Waals surface area contributed by atoms with Crippen molar-refractivity contribution in [1.82, 2.24) is 0 Å². The van der Waals surface area contributed by atoms with Crippen molar-refractivity contribution in [2.75, 3.05) is 38.0 Å². The van der Waals surface area contributed by atoms with E-state index in [0.29, 0.717) is 37.6 Å². The fraction of sp³-hybridized carbons (Fsp3) is 0.429. The molecule has 0 aliphatic carbocycles. The number of aromatic nitrogens is 1. The van der Waals surface area contributed by atoms with Crippen LogP contribution in [0.2, 0.25) is 0 Å². The van der Waals surface area contributed by atoms with E-state index in [2.05, 4.69) is 21.7 Å². The predicted molar refractivity (Wildman–Crippen MR) is 107 cm³/mol. The highest BCUT2D eigenvalue weighted by Crippen LogP contribution is 2.35. The number of hydrogen-bond donors (Lipinski definition) is 2. The topological polar surface area (TPSA) is 89.7 Å². The first-order valence-electron chi connectivity index (χ1n) is 9.26. The molecule has 1 aromatic carbocycles. The summed E-state index contributed by atoms with van der Waals surface area (Å²) in [6.45, 7) is 5.76. The Kier molecular flexibility index (Phi) is 6.02. The predicted octanol–water partition coefficient (Wildman–Crippen LogP) is 3.03. The summed E-state index contributed by atoms with van der Waals surface area (Å²) in [5.41, 5.74) is 3.11. The third-order valence-corrected chi connectivity index (χ3v) is 4.74. The average molecular weight is 383 g/mol. The molecule has 148 valence electrons. The van der Waals surface area contributed by atoms with Gasteiger partial charge in [-0.1, -0.05) is 6.07 Å². The lowest BCUT2D eigenvalue weighted by molar-refractivity contribution is -0.345. The van der Waals surface area contributed by atoms with Crippen LogP contribution in [0.1, 0.15) is 30.5 Å². The molecule has 2 aromatic rings. The largest absolute Gasteiger partial charge is 0.497 e. The van der Waals surface area contributed by atoms with Crippen LogP contribution in [0.5, 0.6) is 5.75 Å². The van der Waals surface area contributed by atoms with Crippen molar-refractivity contribution in [1.29, 1.82) is 5.26 Å². The second kappa shape index (κ2) is 8.46. The maximum Gasteiger partial charge on any atom is 0.242 e. The molecule has 2 heterocycles. The number of aromatic amines is 1. The molecular weight excluding hydrogens is 356 g/mol. The normalized spacial score (nSPS) is 14.7. The summed E-state index contributed by atoms with van der Waals surface area (Å²) in [4.78, 5) is 3.34. The average Bonchev–Trinajstić information content (AvgIpc) is 2.67. The van der Waals surface area contributed by atoms with Gasteiger partial charge in [0.25, 0.3) is 0 Å². The molecule has 0 radical (unpaired) electrons. The minimum Gasteiger partial charge on any atom is -0.497 e. The first kappa shape index (κ1) is 19.9. The minimum atomic E-state index is -0.322. The molecule has 3 rings (SSSR count). The standard InChI is InChI=1S/C21H26N4O3/c1-21(2)11-16-17(12-22)20(24-14-6-5-7-15(10-14)27-4)25-19(18(16)13-28-21)23-8-9-26-3/h5-7,10H,8-9,11,13H2,1-4H3,(H2,23,24,25)/p+1. The van der Waals surface area contributed by atoms with Gasteiger partial charge in [-0.25, -0.2) is 4.98 Å². The molecular formula is C21H27N4O3+. The molecule has 1 aliphatic heterocycles. The highest BCUT2D eigenvalue weighted by molar-refractivity contribution is 5.67. The summed E-state index contributed by atoms with van der Waals surface area (Å²) < 4.78 is 16.4. The third kappa shape index (κ3) is 4.35. The number of nitriles is 1. The second-order valence-electron chi connectivity index (χ2n) is 7.32. The molecule has 0 saturated heterocycles. The van der Waals surface area contributed by atoms with E-state index in [9.17, 15) is 5.26 Å². The highest BCUT2D eigenvalue weighted by Gasteiger charge is 2.33. The Balaban J connectivity index is 2.05. The summed E-state index contributed by atoms with van der Waals surface area (Å²) in [5, 5.41) is 16.6. The zero-order valence-corrected chi connectivity index (χ0v) is 16.8. The molecule has 0 spiro atoms. The number of nitrogens with one attached hydrogen (secondary N) is 3. The van der Waals surface area contributed by atoms with Gasteiger partial charge in [-0.15, -0.1) is 0 Å². The SMILES string of the molecule is COCCNc1[nH+]c(Nc2cccc(OC)c2)c(C#N)c2c1COC(C)(C)C2. The van der Waals surface area contributed by atoms with Crippen LogP contribution in [0.3, 0.4) is 0 Å². The van der Waals surface area contributed by atoms with Crippen LogP contribution < -0.4 is 20.4 Å². The maximum atomic E-state index is 9.91. The monoisotopic (exact) mass is 383 g/mol. The van der Waals surface area contributed by atoms with E-state index in [-0.39, 0.29) is 5.60 Å². The molecule has 0 atom stereocenters. The quantitative estimate of drug-likeness (QED) is 0.715. The number of fused-ring (bicyclic) bond motifs is 1. The maximum absolute atomic E-state index is 9.91. The van der Waals surface area contributed by atoms with Crippen molar-refractivity contribution in [2.45, 2.75) is 32.5 Å². The summed E-state index contributed by atoms with van der Waals surface area (Å²) in [6, 6.07) is 9.98. The molecule has 3 N–H and O–H groups in total. The number of ether oxygens (including phenoxy) is 3. The minimum absolute atomic E-state index is 0.322. The number of hydrogen-bond acceptors (Lipinski definition) is 6. The van der Waals surface area contributed by atoms with E-state index >= 15 is 0 Å². The Morgan fingerprint density at radius 3 is 2.79 bits per heavy atom. The van der Waals surface area contributed by atoms with Crippen molar-refractivity contribution in [2.24, 2.45) is 0 Å². The van der Waals surface area contributed by atoms with Gasteiger partial charge in [-0.2, -0.15) is 5.26 Å². The third-order valence-electron chi connectivity index (χ3n) is 4.74. The molecule has 7 nitrogen and oxygen atoms in total. The molecule has 7 heteroatoms. The number of pyridine rings is 1. The van der Waals surface area contributed by atoms with Crippen LogP contribution in [0.25, 0.3) is 0 Å². The zero-order chi connectivity index (χ0) is 20.1. The highest BCUT2D eigenvalue weighted by atomic mass is 16.5. The Labute approximate surface area is 165 Å². The van der Waals surface area contributed by atoms with Crippen LogP contribution in [-0.4, -0.2) is 33.0 Å². The molecule has 0 fully saturated rings. The van der Waals surface area contributed by atoms with Gasteiger partial charge in [-0.05, 0) is 31.5 Å². The van der Waals surface area contributed by atoms with Gasteiger partial charge in [0.2, 0.25) is 11.6 Å². The Bertz CT molecular complexity index is 890. The first-order valence-corrected chi connectivity index (χ1v) is 9.26.